The molecule has 0 aromatic heterocycles. The van der Waals surface area contributed by atoms with E-state index in [1.807, 2.05) is 21.1 Å². The number of likely N-dealkylation sites (N-methyl/N-ethyl adjacent to an activating group) is 3. The van der Waals surface area contributed by atoms with Gasteiger partial charge in [0.1, 0.15) is 17.0 Å². The number of hydrogen-bond donors (Lipinski definition) is 4. The van der Waals surface area contributed by atoms with Gasteiger partial charge in [0.2, 0.25) is 5.85 Å². The number of phenolic OH excluding ortho intramolecular Hbond substituents is 1. The van der Waals surface area contributed by atoms with E-state index in [1.54, 1.807) is 0 Å². The number of aryl methyl sites for hydroxylation is 3. The zero-order valence-electron chi connectivity index (χ0n) is 17.9. The van der Waals surface area contributed by atoms with Gasteiger partial charge in [-0.1, -0.05) is 32.9 Å². The summed E-state index contributed by atoms with van der Waals surface area (Å²) in [5.41, 5.74) is 4.60. The molecule has 2 aromatic rings. The van der Waals surface area contributed by atoms with E-state index >= 15 is 0 Å². The molecule has 0 aliphatic carbocycles. The zero-order valence-corrected chi connectivity index (χ0v) is 17.9. The summed E-state index contributed by atoms with van der Waals surface area (Å²) < 4.78 is 6.53. The van der Waals surface area contributed by atoms with Crippen LogP contribution in [0, 0.1) is 0 Å². The first-order valence-electron chi connectivity index (χ1n) is 10.2. The Hall–Kier alpha value is -2.08. The van der Waals surface area contributed by atoms with Crippen LogP contribution in [0.3, 0.4) is 0 Å². The highest BCUT2D eigenvalue weighted by Gasteiger charge is 2.60. The predicted molar refractivity (Wildman–Crippen MR) is 114 cm³/mol. The standard InChI is InChI=1S/C23H33N3O2/c1-7-15-10-11-19-20(12-15)28-23(25-5,26-6)22(19,24-4)18-13-16(8-2)21(27)17(9-3)14-18/h10-14,24-27H,7-9H2,1-6H3/t22-/m1/s1. The molecule has 152 valence electrons. The van der Waals surface area contributed by atoms with Crippen molar-refractivity contribution in [2.45, 2.75) is 51.4 Å². The van der Waals surface area contributed by atoms with Gasteiger partial charge in [0.05, 0.1) is 0 Å². The number of hydrogen-bond acceptors (Lipinski definition) is 5. The van der Waals surface area contributed by atoms with Gasteiger partial charge in [-0.3, -0.25) is 10.6 Å². The van der Waals surface area contributed by atoms with Crippen molar-refractivity contribution in [2.75, 3.05) is 21.1 Å². The molecule has 3 rings (SSSR count). The van der Waals surface area contributed by atoms with Crippen LogP contribution in [0.15, 0.2) is 30.3 Å². The number of phenols is 1. The van der Waals surface area contributed by atoms with Crippen LogP contribution in [0.25, 0.3) is 0 Å². The van der Waals surface area contributed by atoms with Crippen molar-refractivity contribution in [3.05, 3.63) is 58.1 Å². The molecule has 1 atom stereocenters. The van der Waals surface area contributed by atoms with Crippen LogP contribution in [0.1, 0.15) is 48.6 Å². The first kappa shape index (κ1) is 20.6. The van der Waals surface area contributed by atoms with Crippen molar-refractivity contribution in [3.8, 4) is 11.5 Å². The highest BCUT2D eigenvalue weighted by atomic mass is 16.5. The molecule has 0 radical (unpaired) electrons. The molecule has 1 heterocycles. The van der Waals surface area contributed by atoms with Crippen LogP contribution in [-0.4, -0.2) is 32.1 Å². The average molecular weight is 384 g/mol. The van der Waals surface area contributed by atoms with Crippen molar-refractivity contribution >= 4 is 0 Å². The SMILES string of the molecule is CCc1ccc2c(c1)OC(NC)(NC)[C@@]2(NC)c1cc(CC)c(O)c(CC)c1. The Bertz CT molecular complexity index is 836. The third-order valence-electron chi connectivity index (χ3n) is 6.19. The normalized spacial score (nSPS) is 20.1. The predicted octanol–water partition coefficient (Wildman–Crippen LogP) is 3.03. The summed E-state index contributed by atoms with van der Waals surface area (Å²) in [4.78, 5) is 0. The summed E-state index contributed by atoms with van der Waals surface area (Å²) in [6, 6.07) is 10.6. The Kier molecular flexibility index (Phi) is 5.71. The molecule has 28 heavy (non-hydrogen) atoms. The molecular weight excluding hydrogens is 350 g/mol. The van der Waals surface area contributed by atoms with Crippen LogP contribution in [0.4, 0.5) is 0 Å². The molecule has 1 aliphatic rings. The first-order chi connectivity index (χ1) is 13.5. The molecule has 0 fully saturated rings. The van der Waals surface area contributed by atoms with E-state index in [0.717, 1.165) is 47.3 Å². The second kappa shape index (κ2) is 7.74. The maximum atomic E-state index is 10.6. The fourth-order valence-corrected chi connectivity index (χ4v) is 4.54. The highest BCUT2D eigenvalue weighted by molar-refractivity contribution is 5.57. The van der Waals surface area contributed by atoms with Gasteiger partial charge in [0, 0.05) is 5.56 Å². The molecule has 0 unspecified atom stereocenters. The quantitative estimate of drug-likeness (QED) is 0.554. The van der Waals surface area contributed by atoms with E-state index in [0.29, 0.717) is 5.75 Å². The van der Waals surface area contributed by atoms with E-state index in [4.69, 9.17) is 4.74 Å². The van der Waals surface area contributed by atoms with Crippen molar-refractivity contribution in [3.63, 3.8) is 0 Å². The topological polar surface area (TPSA) is 65.5 Å². The highest BCUT2D eigenvalue weighted by Crippen LogP contribution is 2.50. The number of ether oxygens (including phenoxy) is 1. The van der Waals surface area contributed by atoms with Gasteiger partial charge in [0.15, 0.2) is 0 Å². The van der Waals surface area contributed by atoms with Gasteiger partial charge in [-0.15, -0.1) is 0 Å². The van der Waals surface area contributed by atoms with Crippen LogP contribution < -0.4 is 20.7 Å². The lowest BCUT2D eigenvalue weighted by Gasteiger charge is -2.44. The van der Waals surface area contributed by atoms with Gasteiger partial charge in [-0.25, -0.2) is 0 Å². The molecule has 5 heteroatoms. The number of aromatic hydroxyl groups is 1. The lowest BCUT2D eigenvalue weighted by Crippen LogP contribution is -2.72. The molecule has 0 saturated heterocycles. The second-order valence-corrected chi connectivity index (χ2v) is 7.32. The van der Waals surface area contributed by atoms with E-state index in [-0.39, 0.29) is 0 Å². The first-order valence-corrected chi connectivity index (χ1v) is 10.2. The van der Waals surface area contributed by atoms with Crippen molar-refractivity contribution < 1.29 is 9.84 Å². The van der Waals surface area contributed by atoms with Crippen molar-refractivity contribution in [1.29, 1.82) is 0 Å². The van der Waals surface area contributed by atoms with Crippen molar-refractivity contribution in [1.82, 2.24) is 16.0 Å². The molecule has 0 amide bonds. The summed E-state index contributed by atoms with van der Waals surface area (Å²) in [6.45, 7) is 6.28. The third-order valence-corrected chi connectivity index (χ3v) is 6.19. The van der Waals surface area contributed by atoms with Crippen LogP contribution in [-0.2, 0) is 24.8 Å². The maximum Gasteiger partial charge on any atom is 0.244 e. The van der Waals surface area contributed by atoms with E-state index in [2.05, 4.69) is 67.1 Å². The molecule has 2 aromatic carbocycles. The van der Waals surface area contributed by atoms with Gasteiger partial charge in [-0.2, -0.15) is 0 Å². The van der Waals surface area contributed by atoms with Gasteiger partial charge in [-0.05, 0) is 80.9 Å². The molecule has 0 spiro atoms. The summed E-state index contributed by atoms with van der Waals surface area (Å²) in [7, 11) is 5.76. The smallest absolute Gasteiger partial charge is 0.244 e. The third kappa shape index (κ3) is 2.72. The average Bonchev–Trinajstić information content (AvgIpc) is 3.03. The number of nitrogens with one attached hydrogen (secondary N) is 3. The minimum Gasteiger partial charge on any atom is -0.507 e. The monoisotopic (exact) mass is 383 g/mol. The maximum absolute atomic E-state index is 10.6. The van der Waals surface area contributed by atoms with E-state index < -0.39 is 11.4 Å². The van der Waals surface area contributed by atoms with Crippen LogP contribution in [0.2, 0.25) is 0 Å². The number of benzene rings is 2. The minimum atomic E-state index is -0.872. The van der Waals surface area contributed by atoms with Crippen LogP contribution in [0.5, 0.6) is 11.5 Å². The zero-order chi connectivity index (χ0) is 20.5. The Balaban J connectivity index is 2.36. The molecule has 5 nitrogen and oxygen atoms in total. The Morgan fingerprint density at radius 3 is 1.93 bits per heavy atom. The van der Waals surface area contributed by atoms with Crippen LogP contribution >= 0.6 is 0 Å². The minimum absolute atomic E-state index is 0.403. The van der Waals surface area contributed by atoms with Gasteiger partial charge < -0.3 is 15.2 Å². The molecule has 0 bridgehead atoms. The Labute approximate surface area is 168 Å². The lowest BCUT2D eigenvalue weighted by atomic mass is 9.77. The summed E-state index contributed by atoms with van der Waals surface area (Å²) in [5, 5.41) is 21.0. The lowest BCUT2D eigenvalue weighted by molar-refractivity contribution is -0.0307. The number of fused-ring (bicyclic) bond motifs is 1. The molecule has 1 aliphatic heterocycles. The fourth-order valence-electron chi connectivity index (χ4n) is 4.54. The summed E-state index contributed by atoms with van der Waals surface area (Å²) in [5.74, 6) is 0.394. The van der Waals surface area contributed by atoms with Gasteiger partial charge in [0.25, 0.3) is 0 Å². The molecule has 0 saturated carbocycles. The summed E-state index contributed by atoms with van der Waals surface area (Å²) in [6.07, 6.45) is 2.48. The fraction of sp³-hybridized carbons (Fsp3) is 0.478. The summed E-state index contributed by atoms with van der Waals surface area (Å²) >= 11 is 0. The van der Waals surface area contributed by atoms with Gasteiger partial charge >= 0.3 is 0 Å². The van der Waals surface area contributed by atoms with Crippen molar-refractivity contribution in [2.24, 2.45) is 0 Å². The number of rotatable bonds is 7. The molecule has 4 N–H and O–H groups in total. The Morgan fingerprint density at radius 1 is 0.857 bits per heavy atom. The van der Waals surface area contributed by atoms with E-state index in [9.17, 15) is 5.11 Å². The molecular formula is C23H33N3O2. The van der Waals surface area contributed by atoms with E-state index in [1.165, 1.54) is 5.56 Å². The largest absolute Gasteiger partial charge is 0.507 e. The second-order valence-electron chi connectivity index (χ2n) is 7.32. The Morgan fingerprint density at radius 2 is 1.46 bits per heavy atom.